The predicted octanol–water partition coefficient (Wildman–Crippen LogP) is 4.32. The van der Waals surface area contributed by atoms with Crippen molar-refractivity contribution in [3.8, 4) is 0 Å². The smallest absolute Gasteiger partial charge is 0.104 e. The second-order valence-corrected chi connectivity index (χ2v) is 6.67. The molecule has 1 aliphatic carbocycles. The van der Waals surface area contributed by atoms with Crippen molar-refractivity contribution in [1.82, 2.24) is 0 Å². The van der Waals surface area contributed by atoms with Crippen molar-refractivity contribution in [2.24, 2.45) is 17.6 Å². The van der Waals surface area contributed by atoms with Crippen molar-refractivity contribution < 1.29 is 0 Å². The van der Waals surface area contributed by atoms with Gasteiger partial charge in [-0.15, -0.1) is 0 Å². The Morgan fingerprint density at radius 3 is 2.43 bits per heavy atom. The molecule has 2 aromatic rings. The number of hydrogen-bond donors (Lipinski definition) is 2. The molecule has 3 heteroatoms. The molecule has 0 radical (unpaired) electrons. The topological polar surface area (TPSA) is 38.0 Å². The van der Waals surface area contributed by atoms with Gasteiger partial charge >= 0.3 is 0 Å². The van der Waals surface area contributed by atoms with E-state index in [-0.39, 0.29) is 0 Å². The largest absolute Gasteiger partial charge is 0.389 e. The number of anilines is 1. The van der Waals surface area contributed by atoms with Gasteiger partial charge in [0.15, 0.2) is 0 Å². The normalized spacial score (nSPS) is 25.1. The fourth-order valence-corrected chi connectivity index (χ4v) is 3.59. The first-order valence-electron chi connectivity index (χ1n) is 7.66. The number of fused-ring (bicyclic) bond motifs is 1. The van der Waals surface area contributed by atoms with Crippen LogP contribution in [-0.4, -0.2) is 11.0 Å². The maximum Gasteiger partial charge on any atom is 0.104 e. The first-order chi connectivity index (χ1) is 10.1. The molecule has 2 aromatic carbocycles. The third kappa shape index (κ3) is 2.62. The van der Waals surface area contributed by atoms with Crippen LogP contribution in [-0.2, 0) is 0 Å². The zero-order valence-corrected chi connectivity index (χ0v) is 13.4. The standard InChI is InChI=1S/C18H22N2S/c1-11-7-9-16(12(11)2)20-17-10-8-15(18(19)21)13-5-3-4-6-14(13)17/h3-6,8,10-12,16,20H,7,9H2,1-2H3,(H2,19,21). The van der Waals surface area contributed by atoms with E-state index in [1.54, 1.807) is 0 Å². The lowest BCUT2D eigenvalue weighted by atomic mass is 9.97. The molecule has 0 bridgehead atoms. The zero-order valence-electron chi connectivity index (χ0n) is 12.6. The van der Waals surface area contributed by atoms with Crippen LogP contribution in [0.3, 0.4) is 0 Å². The lowest BCUT2D eigenvalue weighted by Crippen LogP contribution is -2.24. The van der Waals surface area contributed by atoms with Crippen LogP contribution >= 0.6 is 12.2 Å². The zero-order chi connectivity index (χ0) is 15.0. The average Bonchev–Trinajstić information content (AvgIpc) is 2.79. The quantitative estimate of drug-likeness (QED) is 0.829. The molecule has 3 unspecified atom stereocenters. The van der Waals surface area contributed by atoms with Gasteiger partial charge in [-0.2, -0.15) is 0 Å². The minimum absolute atomic E-state index is 0.459. The summed E-state index contributed by atoms with van der Waals surface area (Å²) in [5.74, 6) is 1.50. The molecule has 2 nitrogen and oxygen atoms in total. The van der Waals surface area contributed by atoms with Gasteiger partial charge in [0.05, 0.1) is 0 Å². The molecule has 1 saturated carbocycles. The van der Waals surface area contributed by atoms with Crippen LogP contribution in [0.25, 0.3) is 10.8 Å². The highest BCUT2D eigenvalue weighted by molar-refractivity contribution is 7.80. The summed E-state index contributed by atoms with van der Waals surface area (Å²) in [6, 6.07) is 13.0. The fraction of sp³-hybridized carbons (Fsp3) is 0.389. The van der Waals surface area contributed by atoms with Crippen LogP contribution in [0.2, 0.25) is 0 Å². The highest BCUT2D eigenvalue weighted by Gasteiger charge is 2.29. The van der Waals surface area contributed by atoms with Gasteiger partial charge in [-0.25, -0.2) is 0 Å². The Morgan fingerprint density at radius 1 is 1.10 bits per heavy atom. The summed E-state index contributed by atoms with van der Waals surface area (Å²) in [6.45, 7) is 4.70. The first-order valence-corrected chi connectivity index (χ1v) is 8.07. The molecule has 1 fully saturated rings. The maximum absolute atomic E-state index is 5.84. The second kappa shape index (κ2) is 5.64. The molecule has 0 heterocycles. The van der Waals surface area contributed by atoms with Gasteiger partial charge in [0.1, 0.15) is 4.99 Å². The highest BCUT2D eigenvalue weighted by Crippen LogP contribution is 2.35. The molecule has 1 aliphatic rings. The van der Waals surface area contributed by atoms with Crippen LogP contribution in [0.1, 0.15) is 32.3 Å². The average molecular weight is 298 g/mol. The SMILES string of the molecule is CC1CCC(Nc2ccc(C(N)=S)c3ccccc23)C1C. The van der Waals surface area contributed by atoms with E-state index in [4.69, 9.17) is 18.0 Å². The minimum atomic E-state index is 0.459. The van der Waals surface area contributed by atoms with Crippen LogP contribution in [0, 0.1) is 11.8 Å². The molecule has 0 spiro atoms. The summed E-state index contributed by atoms with van der Waals surface area (Å²) in [7, 11) is 0. The molecule has 110 valence electrons. The third-order valence-electron chi connectivity index (χ3n) is 5.00. The lowest BCUT2D eigenvalue weighted by molar-refractivity contribution is 0.435. The van der Waals surface area contributed by atoms with E-state index < -0.39 is 0 Å². The van der Waals surface area contributed by atoms with E-state index in [1.807, 2.05) is 12.1 Å². The van der Waals surface area contributed by atoms with Crippen LogP contribution in [0.4, 0.5) is 5.69 Å². The molecule has 3 rings (SSSR count). The van der Waals surface area contributed by atoms with E-state index in [0.29, 0.717) is 16.9 Å². The van der Waals surface area contributed by atoms with Gasteiger partial charge < -0.3 is 11.1 Å². The van der Waals surface area contributed by atoms with Crippen LogP contribution < -0.4 is 11.1 Å². The van der Waals surface area contributed by atoms with Gasteiger partial charge in [0.25, 0.3) is 0 Å². The first kappa shape index (κ1) is 14.3. The molecular weight excluding hydrogens is 276 g/mol. The summed E-state index contributed by atoms with van der Waals surface area (Å²) >= 11 is 5.17. The van der Waals surface area contributed by atoms with Gasteiger partial charge in [-0.05, 0) is 42.2 Å². The van der Waals surface area contributed by atoms with E-state index in [1.165, 1.54) is 23.9 Å². The van der Waals surface area contributed by atoms with Crippen molar-refractivity contribution in [3.63, 3.8) is 0 Å². The van der Waals surface area contributed by atoms with Crippen LogP contribution in [0.5, 0.6) is 0 Å². The Labute approximate surface area is 131 Å². The third-order valence-corrected chi connectivity index (χ3v) is 5.22. The van der Waals surface area contributed by atoms with Gasteiger partial charge in [-0.1, -0.05) is 50.3 Å². The fourth-order valence-electron chi connectivity index (χ4n) is 3.41. The molecular formula is C18H22N2S. The summed E-state index contributed by atoms with van der Waals surface area (Å²) < 4.78 is 0. The molecule has 21 heavy (non-hydrogen) atoms. The number of nitrogens with two attached hydrogens (primary N) is 1. The number of rotatable bonds is 3. The second-order valence-electron chi connectivity index (χ2n) is 6.24. The highest BCUT2D eigenvalue weighted by atomic mass is 32.1. The monoisotopic (exact) mass is 298 g/mol. The molecule has 0 saturated heterocycles. The summed E-state index contributed by atoms with van der Waals surface area (Å²) in [5, 5.41) is 6.08. The Balaban J connectivity index is 2.00. The number of nitrogens with one attached hydrogen (secondary N) is 1. The van der Waals surface area contributed by atoms with Gasteiger partial charge in [0, 0.05) is 22.7 Å². The van der Waals surface area contributed by atoms with Gasteiger partial charge in [-0.3, -0.25) is 0 Å². The number of thiocarbonyl (C=S) groups is 1. The van der Waals surface area contributed by atoms with E-state index in [0.717, 1.165) is 16.9 Å². The van der Waals surface area contributed by atoms with Gasteiger partial charge in [0.2, 0.25) is 0 Å². The van der Waals surface area contributed by atoms with E-state index >= 15 is 0 Å². The van der Waals surface area contributed by atoms with Crippen molar-refractivity contribution in [1.29, 1.82) is 0 Å². The Hall–Kier alpha value is -1.61. The van der Waals surface area contributed by atoms with Crippen molar-refractivity contribution in [3.05, 3.63) is 42.0 Å². The predicted molar refractivity (Wildman–Crippen MR) is 94.8 cm³/mol. The molecule has 3 N–H and O–H groups in total. The number of hydrogen-bond acceptors (Lipinski definition) is 2. The van der Waals surface area contributed by atoms with E-state index in [2.05, 4.69) is 43.4 Å². The molecule has 0 aliphatic heterocycles. The molecule has 0 aromatic heterocycles. The van der Waals surface area contributed by atoms with Crippen molar-refractivity contribution in [2.45, 2.75) is 32.7 Å². The minimum Gasteiger partial charge on any atom is -0.389 e. The Morgan fingerprint density at radius 2 is 1.81 bits per heavy atom. The molecule has 0 amide bonds. The lowest BCUT2D eigenvalue weighted by Gasteiger charge is -2.22. The summed E-state index contributed by atoms with van der Waals surface area (Å²) in [5.41, 5.74) is 7.99. The molecule has 3 atom stereocenters. The van der Waals surface area contributed by atoms with E-state index in [9.17, 15) is 0 Å². The van der Waals surface area contributed by atoms with Crippen molar-refractivity contribution in [2.75, 3.05) is 5.32 Å². The summed E-state index contributed by atoms with van der Waals surface area (Å²) in [4.78, 5) is 0.459. The number of benzene rings is 2. The van der Waals surface area contributed by atoms with Crippen LogP contribution in [0.15, 0.2) is 36.4 Å². The maximum atomic E-state index is 5.84. The Bertz CT molecular complexity index is 680. The summed E-state index contributed by atoms with van der Waals surface area (Å²) in [6.07, 6.45) is 2.55. The van der Waals surface area contributed by atoms with Crippen molar-refractivity contribution >= 4 is 33.7 Å². The Kier molecular flexibility index (Phi) is 3.85.